The topological polar surface area (TPSA) is 87.0 Å². The van der Waals surface area contributed by atoms with Crippen LogP contribution in [0.5, 0.6) is 0 Å². The van der Waals surface area contributed by atoms with Gasteiger partial charge in [0.25, 0.3) is 0 Å². The summed E-state index contributed by atoms with van der Waals surface area (Å²) in [5.74, 6) is 0.426. The number of nitrogens with zero attached hydrogens (tertiary/aromatic N) is 4. The molecule has 0 spiro atoms. The fraction of sp³-hybridized carbons (Fsp3) is 0.579. The molecular weight excluding hydrogens is 412 g/mol. The molecule has 0 bridgehead atoms. The maximum absolute atomic E-state index is 13.0. The molecule has 0 N–H and O–H groups in total. The van der Waals surface area contributed by atoms with Crippen LogP contribution in [0.15, 0.2) is 20.9 Å². The minimum atomic E-state index is -3.64. The molecule has 29 heavy (non-hydrogen) atoms. The van der Waals surface area contributed by atoms with Gasteiger partial charge in [-0.05, 0) is 44.2 Å². The van der Waals surface area contributed by atoms with Gasteiger partial charge in [0.2, 0.25) is 15.9 Å². The molecule has 2 aromatic rings. The lowest BCUT2D eigenvalue weighted by molar-refractivity contribution is -0.137. The Labute approximate surface area is 175 Å². The first-order chi connectivity index (χ1) is 13.8. The molecule has 4 heterocycles. The summed E-state index contributed by atoms with van der Waals surface area (Å²) < 4.78 is 32.4. The summed E-state index contributed by atoms with van der Waals surface area (Å²) in [5.41, 5.74) is 1.63. The molecule has 2 aromatic heterocycles. The molecule has 2 aliphatic rings. The van der Waals surface area contributed by atoms with Gasteiger partial charge in [-0.1, -0.05) is 5.16 Å². The molecule has 0 aliphatic carbocycles. The van der Waals surface area contributed by atoms with E-state index in [9.17, 15) is 13.2 Å². The van der Waals surface area contributed by atoms with E-state index >= 15 is 0 Å². The van der Waals surface area contributed by atoms with Crippen molar-refractivity contribution < 1.29 is 17.7 Å². The SMILES string of the molecule is Cc1noc(C)c1S(=O)(=O)N1CCN(C(C)C(=O)N2CCc3sccc3C2)CC1. The highest BCUT2D eigenvalue weighted by atomic mass is 32.2. The number of amides is 1. The maximum atomic E-state index is 13.0. The van der Waals surface area contributed by atoms with E-state index < -0.39 is 10.0 Å². The Morgan fingerprint density at radius 3 is 2.59 bits per heavy atom. The van der Waals surface area contributed by atoms with Crippen LogP contribution in [0, 0.1) is 13.8 Å². The van der Waals surface area contributed by atoms with Crippen molar-refractivity contribution >= 4 is 27.3 Å². The van der Waals surface area contributed by atoms with Gasteiger partial charge >= 0.3 is 0 Å². The number of rotatable bonds is 4. The third-order valence-electron chi connectivity index (χ3n) is 5.86. The standard InChI is InChI=1S/C19H26N4O4S2/c1-13-18(15(3)27-20-13)29(25,26)23-9-7-21(8-10-23)14(2)19(24)22-6-4-17-16(12-22)5-11-28-17/h5,11,14H,4,6-10,12H2,1-3H3. The van der Waals surface area contributed by atoms with Crippen molar-refractivity contribution in [2.24, 2.45) is 0 Å². The summed E-state index contributed by atoms with van der Waals surface area (Å²) >= 11 is 1.76. The Bertz CT molecular complexity index is 986. The van der Waals surface area contributed by atoms with E-state index in [2.05, 4.69) is 21.5 Å². The molecule has 1 fully saturated rings. The van der Waals surface area contributed by atoms with Gasteiger partial charge in [-0.15, -0.1) is 11.3 Å². The lowest BCUT2D eigenvalue weighted by Gasteiger charge is -2.39. The van der Waals surface area contributed by atoms with Crippen LogP contribution in [0.1, 0.15) is 28.8 Å². The van der Waals surface area contributed by atoms with Crippen LogP contribution in [-0.2, 0) is 27.8 Å². The van der Waals surface area contributed by atoms with E-state index in [-0.39, 0.29) is 16.8 Å². The number of fused-ring (bicyclic) bond motifs is 1. The largest absolute Gasteiger partial charge is 0.360 e. The molecule has 4 rings (SSSR count). The molecule has 2 aliphatic heterocycles. The van der Waals surface area contributed by atoms with E-state index in [1.807, 2.05) is 11.8 Å². The number of aromatic nitrogens is 1. The highest BCUT2D eigenvalue weighted by Crippen LogP contribution is 2.26. The maximum Gasteiger partial charge on any atom is 0.248 e. The smallest absolute Gasteiger partial charge is 0.248 e. The van der Waals surface area contributed by atoms with Crippen molar-refractivity contribution in [3.05, 3.63) is 33.3 Å². The summed E-state index contributed by atoms with van der Waals surface area (Å²) in [6.07, 6.45) is 0.912. The minimum absolute atomic E-state index is 0.115. The molecule has 158 valence electrons. The first-order valence-corrected chi connectivity index (χ1v) is 12.1. The monoisotopic (exact) mass is 438 g/mol. The average Bonchev–Trinajstić information content (AvgIpc) is 3.32. The van der Waals surface area contributed by atoms with Crippen LogP contribution >= 0.6 is 11.3 Å². The van der Waals surface area contributed by atoms with Gasteiger partial charge in [-0.2, -0.15) is 4.31 Å². The molecular formula is C19H26N4O4S2. The molecule has 1 amide bonds. The molecule has 0 saturated carbocycles. The van der Waals surface area contributed by atoms with Crippen LogP contribution in [0.3, 0.4) is 0 Å². The van der Waals surface area contributed by atoms with Crippen molar-refractivity contribution in [2.45, 2.75) is 44.7 Å². The van der Waals surface area contributed by atoms with Crippen LogP contribution in [0.25, 0.3) is 0 Å². The fourth-order valence-corrected chi connectivity index (χ4v) is 6.76. The zero-order valence-corrected chi connectivity index (χ0v) is 18.6. The van der Waals surface area contributed by atoms with Crippen LogP contribution in [0.4, 0.5) is 0 Å². The van der Waals surface area contributed by atoms with Gasteiger partial charge in [-0.25, -0.2) is 8.42 Å². The summed E-state index contributed by atoms with van der Waals surface area (Å²) in [7, 11) is -3.64. The second kappa shape index (κ2) is 7.82. The second-order valence-electron chi connectivity index (χ2n) is 7.65. The highest BCUT2D eigenvalue weighted by molar-refractivity contribution is 7.89. The molecule has 1 unspecified atom stereocenters. The van der Waals surface area contributed by atoms with Crippen LogP contribution < -0.4 is 0 Å². The Hall–Kier alpha value is -1.75. The molecule has 1 atom stereocenters. The Balaban J connectivity index is 1.39. The predicted octanol–water partition coefficient (Wildman–Crippen LogP) is 1.63. The molecule has 8 nitrogen and oxygen atoms in total. The summed E-state index contributed by atoms with van der Waals surface area (Å²) in [6, 6.07) is 1.83. The molecule has 1 saturated heterocycles. The van der Waals surface area contributed by atoms with E-state index in [1.54, 1.807) is 25.2 Å². The quantitative estimate of drug-likeness (QED) is 0.721. The number of carbonyl (C=O) groups excluding carboxylic acids is 1. The highest BCUT2D eigenvalue weighted by Gasteiger charge is 2.36. The molecule has 0 radical (unpaired) electrons. The van der Waals surface area contributed by atoms with Crippen LogP contribution in [-0.4, -0.2) is 72.4 Å². The van der Waals surface area contributed by atoms with Crippen molar-refractivity contribution in [3.8, 4) is 0 Å². The van der Waals surface area contributed by atoms with Gasteiger partial charge in [-0.3, -0.25) is 9.69 Å². The fourth-order valence-electron chi connectivity index (χ4n) is 4.16. The molecule has 10 heteroatoms. The number of aryl methyl sites for hydroxylation is 2. The van der Waals surface area contributed by atoms with Gasteiger partial charge in [0.15, 0.2) is 5.76 Å². The lowest BCUT2D eigenvalue weighted by Crippen LogP contribution is -2.55. The Morgan fingerprint density at radius 2 is 1.93 bits per heavy atom. The lowest BCUT2D eigenvalue weighted by atomic mass is 10.1. The number of carbonyl (C=O) groups is 1. The van der Waals surface area contributed by atoms with E-state index in [0.29, 0.717) is 44.2 Å². The molecule has 0 aromatic carbocycles. The summed E-state index contributed by atoms with van der Waals surface area (Å²) in [6.45, 7) is 8.32. The van der Waals surface area contributed by atoms with E-state index in [0.717, 1.165) is 13.0 Å². The normalized spacial score (nSPS) is 19.9. The van der Waals surface area contributed by atoms with Gasteiger partial charge in [0.1, 0.15) is 10.6 Å². The van der Waals surface area contributed by atoms with Gasteiger partial charge in [0, 0.05) is 44.1 Å². The zero-order valence-electron chi connectivity index (χ0n) is 16.9. The number of hydrogen-bond donors (Lipinski definition) is 0. The summed E-state index contributed by atoms with van der Waals surface area (Å²) in [5, 5.41) is 5.85. The minimum Gasteiger partial charge on any atom is -0.360 e. The van der Waals surface area contributed by atoms with Crippen molar-refractivity contribution in [1.82, 2.24) is 19.3 Å². The first-order valence-electron chi connectivity index (χ1n) is 9.80. The Kier molecular flexibility index (Phi) is 5.54. The number of sulfonamides is 1. The van der Waals surface area contributed by atoms with Gasteiger partial charge in [0.05, 0.1) is 6.04 Å². The third kappa shape index (κ3) is 3.74. The number of thiophene rings is 1. The van der Waals surface area contributed by atoms with E-state index in [1.165, 1.54) is 14.7 Å². The zero-order chi connectivity index (χ0) is 20.8. The Morgan fingerprint density at radius 1 is 1.21 bits per heavy atom. The third-order valence-corrected chi connectivity index (χ3v) is 9.03. The van der Waals surface area contributed by atoms with Crippen LogP contribution in [0.2, 0.25) is 0 Å². The number of piperazine rings is 1. The summed E-state index contributed by atoms with van der Waals surface area (Å²) in [4.78, 5) is 18.6. The second-order valence-corrected chi connectivity index (χ2v) is 10.5. The van der Waals surface area contributed by atoms with Crippen molar-refractivity contribution in [2.75, 3.05) is 32.7 Å². The van der Waals surface area contributed by atoms with Crippen molar-refractivity contribution in [1.29, 1.82) is 0 Å². The van der Waals surface area contributed by atoms with Gasteiger partial charge < -0.3 is 9.42 Å². The first kappa shape index (κ1) is 20.5. The number of hydrogen-bond acceptors (Lipinski definition) is 7. The van der Waals surface area contributed by atoms with E-state index in [4.69, 9.17) is 4.52 Å². The average molecular weight is 439 g/mol. The van der Waals surface area contributed by atoms with Crippen molar-refractivity contribution in [3.63, 3.8) is 0 Å². The predicted molar refractivity (Wildman–Crippen MR) is 109 cm³/mol.